The molecule has 236 valence electrons. The lowest BCUT2D eigenvalue weighted by molar-refractivity contribution is 0.464. The predicted octanol–water partition coefficient (Wildman–Crippen LogP) is 10.5. The topological polar surface area (TPSA) is 68.2 Å². The molecule has 0 radical (unpaired) electrons. The Balaban J connectivity index is 1.14. The summed E-state index contributed by atoms with van der Waals surface area (Å²) >= 11 is 0. The van der Waals surface area contributed by atoms with Gasteiger partial charge in [-0.3, -0.25) is 9.99 Å². The number of nitrogens with two attached hydrogens (primary N) is 1. The maximum absolute atomic E-state index is 6.95. The molecule has 0 fully saturated rings. The molecule has 2 atom stereocenters. The molecule has 0 spiro atoms. The van der Waals surface area contributed by atoms with E-state index in [9.17, 15) is 0 Å². The first-order chi connectivity index (χ1) is 24.2. The average molecular weight is 635 g/mol. The molecule has 0 amide bonds. The minimum Gasteiger partial charge on any atom is -0.455 e. The van der Waals surface area contributed by atoms with Gasteiger partial charge >= 0.3 is 0 Å². The van der Waals surface area contributed by atoms with Gasteiger partial charge in [-0.15, -0.1) is 0 Å². The van der Waals surface area contributed by atoms with Crippen molar-refractivity contribution in [3.05, 3.63) is 181 Å². The van der Waals surface area contributed by atoms with Crippen molar-refractivity contribution >= 4 is 43.7 Å². The van der Waals surface area contributed by atoms with Crippen molar-refractivity contribution in [2.45, 2.75) is 12.3 Å². The van der Waals surface area contributed by atoms with Crippen LogP contribution in [0.25, 0.3) is 66.0 Å². The SMILES string of the molecule is NC(NC(Nn1c2ccccc2c2ccc(-c3cccc4c3oc3ccccc34)cc21)c1ccccc1)c1cccc(-c2ccccc2)c1. The van der Waals surface area contributed by atoms with E-state index in [1.165, 1.54) is 5.39 Å². The van der Waals surface area contributed by atoms with E-state index in [-0.39, 0.29) is 6.17 Å². The van der Waals surface area contributed by atoms with E-state index in [0.29, 0.717) is 0 Å². The highest BCUT2D eigenvalue weighted by molar-refractivity contribution is 6.12. The average Bonchev–Trinajstić information content (AvgIpc) is 3.70. The molecule has 0 bridgehead atoms. The largest absolute Gasteiger partial charge is 0.455 e. The molecule has 5 nitrogen and oxygen atoms in total. The Labute approximate surface area is 284 Å². The van der Waals surface area contributed by atoms with E-state index in [0.717, 1.165) is 71.7 Å². The minimum atomic E-state index is -0.435. The number of para-hydroxylation sites is 3. The Kier molecular flexibility index (Phi) is 7.20. The van der Waals surface area contributed by atoms with Crippen LogP contribution < -0.4 is 16.5 Å². The first kappa shape index (κ1) is 29.0. The van der Waals surface area contributed by atoms with Gasteiger partial charge in [0, 0.05) is 27.1 Å². The molecule has 2 unspecified atom stereocenters. The number of aromatic nitrogens is 1. The van der Waals surface area contributed by atoms with Gasteiger partial charge in [0.05, 0.1) is 17.2 Å². The van der Waals surface area contributed by atoms with Crippen LogP contribution >= 0.6 is 0 Å². The van der Waals surface area contributed by atoms with Crippen LogP contribution in [0.15, 0.2) is 174 Å². The summed E-state index contributed by atoms with van der Waals surface area (Å²) < 4.78 is 8.64. The van der Waals surface area contributed by atoms with Crippen molar-refractivity contribution in [2.75, 3.05) is 5.43 Å². The van der Waals surface area contributed by atoms with E-state index in [1.807, 2.05) is 24.3 Å². The molecule has 7 aromatic carbocycles. The third kappa shape index (κ3) is 5.22. The summed E-state index contributed by atoms with van der Waals surface area (Å²) in [5.41, 5.74) is 21.3. The van der Waals surface area contributed by atoms with Crippen LogP contribution in [-0.2, 0) is 0 Å². The van der Waals surface area contributed by atoms with Crippen LogP contribution in [0.1, 0.15) is 23.5 Å². The summed E-state index contributed by atoms with van der Waals surface area (Å²) in [5.74, 6) is 0. The van der Waals surface area contributed by atoms with Crippen LogP contribution in [0.4, 0.5) is 0 Å². The second-order valence-electron chi connectivity index (χ2n) is 12.5. The van der Waals surface area contributed by atoms with Crippen LogP contribution in [0.3, 0.4) is 0 Å². The quantitative estimate of drug-likeness (QED) is 0.146. The zero-order valence-electron chi connectivity index (χ0n) is 26.8. The molecule has 9 aromatic rings. The van der Waals surface area contributed by atoms with Gasteiger partial charge in [0.15, 0.2) is 0 Å². The zero-order chi connectivity index (χ0) is 32.7. The molecule has 0 aliphatic carbocycles. The fourth-order valence-corrected chi connectivity index (χ4v) is 7.05. The molecule has 0 saturated heterocycles. The first-order valence-electron chi connectivity index (χ1n) is 16.6. The van der Waals surface area contributed by atoms with Crippen molar-refractivity contribution in [3.8, 4) is 22.3 Å². The molecular formula is C44H34N4O. The fraction of sp³-hybridized carbons (Fsp3) is 0.0455. The van der Waals surface area contributed by atoms with Crippen molar-refractivity contribution in [1.82, 2.24) is 9.99 Å². The van der Waals surface area contributed by atoms with Crippen molar-refractivity contribution < 1.29 is 4.42 Å². The van der Waals surface area contributed by atoms with Crippen LogP contribution in [0.5, 0.6) is 0 Å². The monoisotopic (exact) mass is 634 g/mol. The highest BCUT2D eigenvalue weighted by atomic mass is 16.3. The zero-order valence-corrected chi connectivity index (χ0v) is 26.8. The predicted molar refractivity (Wildman–Crippen MR) is 203 cm³/mol. The van der Waals surface area contributed by atoms with E-state index in [2.05, 4.69) is 161 Å². The third-order valence-electron chi connectivity index (χ3n) is 9.48. The molecule has 0 aliphatic heterocycles. The third-order valence-corrected chi connectivity index (χ3v) is 9.48. The number of hydrogen-bond donors (Lipinski definition) is 3. The van der Waals surface area contributed by atoms with Gasteiger partial charge in [-0.1, -0.05) is 146 Å². The Hall–Kier alpha value is -6.14. The molecular weight excluding hydrogens is 601 g/mol. The molecule has 49 heavy (non-hydrogen) atoms. The highest BCUT2D eigenvalue weighted by Crippen LogP contribution is 2.38. The summed E-state index contributed by atoms with van der Waals surface area (Å²) in [7, 11) is 0. The number of rotatable bonds is 8. The van der Waals surface area contributed by atoms with E-state index in [4.69, 9.17) is 10.2 Å². The second kappa shape index (κ2) is 12.1. The fourth-order valence-electron chi connectivity index (χ4n) is 7.05. The standard InChI is InChI=1S/C44H34N4O/c45-43(33-18-11-17-31(27-33)29-13-3-1-4-14-29)46-44(30-15-5-2-6-16-30)47-48-39-23-9-7-19-35(39)36-26-25-32(28-40(36)48)34-21-12-22-38-37-20-8-10-24-41(37)49-42(34)38/h1-28,43-44,46-47H,45H2. The van der Waals surface area contributed by atoms with Gasteiger partial charge in [-0.05, 0) is 52.1 Å². The van der Waals surface area contributed by atoms with Gasteiger partial charge in [-0.2, -0.15) is 0 Å². The molecule has 2 aromatic heterocycles. The molecule has 5 heteroatoms. The summed E-state index contributed by atoms with van der Waals surface area (Å²) in [6, 6.07) is 59.1. The number of nitrogens with one attached hydrogen (secondary N) is 2. The Morgan fingerprint density at radius 2 is 1.14 bits per heavy atom. The second-order valence-corrected chi connectivity index (χ2v) is 12.5. The molecule has 0 saturated carbocycles. The maximum Gasteiger partial charge on any atom is 0.143 e. The van der Waals surface area contributed by atoms with E-state index >= 15 is 0 Å². The highest BCUT2D eigenvalue weighted by Gasteiger charge is 2.20. The number of hydrogen-bond acceptors (Lipinski definition) is 4. The number of benzene rings is 7. The Morgan fingerprint density at radius 1 is 0.490 bits per heavy atom. The van der Waals surface area contributed by atoms with Crippen LogP contribution in [0, 0.1) is 0 Å². The number of fused-ring (bicyclic) bond motifs is 6. The van der Waals surface area contributed by atoms with Gasteiger partial charge in [0.25, 0.3) is 0 Å². The van der Waals surface area contributed by atoms with Gasteiger partial charge in [0.1, 0.15) is 17.3 Å². The summed E-state index contributed by atoms with van der Waals surface area (Å²) in [6.07, 6.45) is -0.742. The minimum absolute atomic E-state index is 0.307. The smallest absolute Gasteiger partial charge is 0.143 e. The Bertz CT molecular complexity index is 2590. The van der Waals surface area contributed by atoms with Crippen molar-refractivity contribution in [2.24, 2.45) is 5.73 Å². The van der Waals surface area contributed by atoms with Crippen LogP contribution in [0.2, 0.25) is 0 Å². The summed E-state index contributed by atoms with van der Waals surface area (Å²) in [6.45, 7) is 0. The number of nitrogens with zero attached hydrogens (tertiary/aromatic N) is 1. The maximum atomic E-state index is 6.95. The van der Waals surface area contributed by atoms with Gasteiger partial charge < -0.3 is 15.6 Å². The van der Waals surface area contributed by atoms with Crippen LogP contribution in [-0.4, -0.2) is 4.68 Å². The molecule has 9 rings (SSSR count). The molecule has 0 aliphatic rings. The van der Waals surface area contributed by atoms with Gasteiger partial charge in [0.2, 0.25) is 0 Å². The summed E-state index contributed by atoms with van der Waals surface area (Å²) in [4.78, 5) is 0. The molecule has 4 N–H and O–H groups in total. The van der Waals surface area contributed by atoms with Crippen molar-refractivity contribution in [1.29, 1.82) is 0 Å². The summed E-state index contributed by atoms with van der Waals surface area (Å²) in [5, 5.41) is 8.29. The lowest BCUT2D eigenvalue weighted by Crippen LogP contribution is -2.39. The lowest BCUT2D eigenvalue weighted by Gasteiger charge is -2.27. The normalized spacial score (nSPS) is 12.9. The number of furan rings is 1. The van der Waals surface area contributed by atoms with Crippen molar-refractivity contribution in [3.63, 3.8) is 0 Å². The molecule has 2 heterocycles. The van der Waals surface area contributed by atoms with Gasteiger partial charge in [-0.25, -0.2) is 0 Å². The van der Waals surface area contributed by atoms with E-state index in [1.54, 1.807) is 0 Å². The first-order valence-corrected chi connectivity index (χ1v) is 16.6. The lowest BCUT2D eigenvalue weighted by atomic mass is 10.0. The Morgan fingerprint density at radius 3 is 2.00 bits per heavy atom. The van der Waals surface area contributed by atoms with E-state index < -0.39 is 6.17 Å².